The monoisotopic (exact) mass is 528 g/mol. The molecule has 0 amide bonds. The minimum absolute atomic E-state index is 0.0413. The third kappa shape index (κ3) is 4.62. The van der Waals surface area contributed by atoms with Gasteiger partial charge in [-0.1, -0.05) is 136 Å². The van der Waals surface area contributed by atoms with Gasteiger partial charge in [0.05, 0.1) is 0 Å². The van der Waals surface area contributed by atoms with E-state index in [1.807, 2.05) is 0 Å². The first kappa shape index (κ1) is 27.3. The van der Waals surface area contributed by atoms with Crippen LogP contribution in [0.25, 0.3) is 0 Å². The molecular formula is C40H48. The standard InChI is InChI=1S/C40H48/c1-6-7-14-29-20-21-33(26-29)40(30-15-10-8-11-16-30,31-17-12-9-13-18-31)38-36-25-28(2)19-23-34(36)35-24-22-32(27-37(35)38)39(3,4)5/h6,8-13,15-19,22-25,27,29,33-38H,1,7,14,20-21,26H2,2-5H3/t29?,33-,34?,35?,36?,37?,38?/m0/s1. The van der Waals surface area contributed by atoms with Crippen molar-refractivity contribution in [3.63, 3.8) is 0 Å². The summed E-state index contributed by atoms with van der Waals surface area (Å²) in [5.41, 5.74) is 6.10. The summed E-state index contributed by atoms with van der Waals surface area (Å²) in [5, 5.41) is 0. The first-order valence-electron chi connectivity index (χ1n) is 15.8. The summed E-state index contributed by atoms with van der Waals surface area (Å²) in [6.45, 7) is 13.5. The van der Waals surface area contributed by atoms with Gasteiger partial charge >= 0.3 is 0 Å². The molecule has 0 aromatic heterocycles. The molecule has 0 spiro atoms. The van der Waals surface area contributed by atoms with Crippen LogP contribution >= 0.6 is 0 Å². The Balaban J connectivity index is 1.60. The molecule has 0 heterocycles. The van der Waals surface area contributed by atoms with Crippen LogP contribution in [-0.2, 0) is 5.41 Å². The maximum absolute atomic E-state index is 4.05. The molecule has 0 bridgehead atoms. The lowest BCUT2D eigenvalue weighted by Crippen LogP contribution is -2.47. The Labute approximate surface area is 243 Å². The van der Waals surface area contributed by atoms with Crippen LogP contribution in [0, 0.1) is 46.8 Å². The van der Waals surface area contributed by atoms with E-state index in [-0.39, 0.29) is 10.8 Å². The summed E-state index contributed by atoms with van der Waals surface area (Å²) in [6, 6.07) is 23.4. The third-order valence-corrected chi connectivity index (χ3v) is 10.9. The van der Waals surface area contributed by atoms with Crippen molar-refractivity contribution >= 4 is 0 Å². The predicted octanol–water partition coefficient (Wildman–Crippen LogP) is 10.5. The van der Waals surface area contributed by atoms with Crippen LogP contribution in [0.4, 0.5) is 0 Å². The minimum Gasteiger partial charge on any atom is -0.103 e. The van der Waals surface area contributed by atoms with E-state index in [0.717, 1.165) is 12.3 Å². The van der Waals surface area contributed by atoms with Gasteiger partial charge in [0.15, 0.2) is 0 Å². The van der Waals surface area contributed by atoms with Gasteiger partial charge in [0.1, 0.15) is 0 Å². The van der Waals surface area contributed by atoms with Crippen LogP contribution in [0.15, 0.2) is 121 Å². The van der Waals surface area contributed by atoms with Gasteiger partial charge in [-0.05, 0) is 96.1 Å². The topological polar surface area (TPSA) is 0 Å². The lowest BCUT2D eigenvalue weighted by Gasteiger charge is -2.50. The molecule has 0 saturated heterocycles. The number of allylic oxidation sites excluding steroid dienone is 9. The average molecular weight is 529 g/mol. The summed E-state index contributed by atoms with van der Waals surface area (Å²) < 4.78 is 0. The Morgan fingerprint density at radius 1 is 0.775 bits per heavy atom. The van der Waals surface area contributed by atoms with E-state index in [2.05, 4.69) is 137 Å². The number of hydrogen-bond acceptors (Lipinski definition) is 0. The van der Waals surface area contributed by atoms with Gasteiger partial charge in [-0.2, -0.15) is 0 Å². The number of hydrogen-bond donors (Lipinski definition) is 0. The highest BCUT2D eigenvalue weighted by molar-refractivity contribution is 5.47. The Kier molecular flexibility index (Phi) is 7.41. The SMILES string of the molecule is C=CCCC1CC[C@H](C(c2ccccc2)(c2ccccc2)C2C3C=C(C)C=CC3C3C=CC(C(C)(C)C)=CC32)C1. The van der Waals surface area contributed by atoms with E-state index < -0.39 is 0 Å². The van der Waals surface area contributed by atoms with Crippen molar-refractivity contribution in [2.45, 2.75) is 65.2 Å². The van der Waals surface area contributed by atoms with E-state index in [1.165, 1.54) is 48.0 Å². The molecule has 0 radical (unpaired) electrons. The predicted molar refractivity (Wildman–Crippen MR) is 171 cm³/mol. The fraction of sp³-hybridized carbons (Fsp3) is 0.450. The van der Waals surface area contributed by atoms with Crippen LogP contribution in [0.3, 0.4) is 0 Å². The van der Waals surface area contributed by atoms with E-state index >= 15 is 0 Å². The maximum atomic E-state index is 4.05. The molecule has 6 rings (SSSR count). The highest BCUT2D eigenvalue weighted by Crippen LogP contribution is 2.65. The fourth-order valence-electron chi connectivity index (χ4n) is 9.23. The Morgan fingerprint density at radius 2 is 1.38 bits per heavy atom. The molecule has 4 aliphatic carbocycles. The van der Waals surface area contributed by atoms with Gasteiger partial charge in [-0.3, -0.25) is 0 Å². The third-order valence-electron chi connectivity index (χ3n) is 10.9. The quantitative estimate of drug-likeness (QED) is 0.314. The molecule has 40 heavy (non-hydrogen) atoms. The number of rotatable bonds is 7. The molecule has 7 atom stereocenters. The largest absolute Gasteiger partial charge is 0.103 e. The zero-order valence-corrected chi connectivity index (χ0v) is 25.1. The van der Waals surface area contributed by atoms with Gasteiger partial charge in [0, 0.05) is 5.41 Å². The second-order valence-electron chi connectivity index (χ2n) is 14.2. The van der Waals surface area contributed by atoms with Crippen molar-refractivity contribution in [2.24, 2.45) is 46.8 Å². The second-order valence-corrected chi connectivity index (χ2v) is 14.2. The molecule has 2 saturated carbocycles. The number of benzene rings is 2. The van der Waals surface area contributed by atoms with Crippen molar-refractivity contribution in [3.05, 3.63) is 132 Å². The van der Waals surface area contributed by atoms with Crippen molar-refractivity contribution in [1.82, 2.24) is 0 Å². The Morgan fingerprint density at radius 3 is 1.98 bits per heavy atom. The average Bonchev–Trinajstić information content (AvgIpc) is 3.56. The first-order valence-corrected chi connectivity index (χ1v) is 15.8. The normalized spacial score (nSPS) is 31.4. The molecular weight excluding hydrogens is 480 g/mol. The molecule has 208 valence electrons. The molecule has 0 aliphatic heterocycles. The summed E-state index contributed by atoms with van der Waals surface area (Å²) in [5.74, 6) is 4.04. The lowest BCUT2D eigenvalue weighted by atomic mass is 9.53. The molecule has 0 nitrogen and oxygen atoms in total. The molecule has 0 heteroatoms. The minimum atomic E-state index is -0.0413. The summed E-state index contributed by atoms with van der Waals surface area (Å²) in [7, 11) is 0. The van der Waals surface area contributed by atoms with Crippen LogP contribution in [0.5, 0.6) is 0 Å². The molecule has 0 N–H and O–H groups in total. The van der Waals surface area contributed by atoms with Crippen LogP contribution in [0.1, 0.15) is 70.9 Å². The first-order chi connectivity index (χ1) is 19.3. The van der Waals surface area contributed by atoms with Crippen LogP contribution in [0.2, 0.25) is 0 Å². The highest BCUT2D eigenvalue weighted by Gasteiger charge is 2.60. The van der Waals surface area contributed by atoms with E-state index in [9.17, 15) is 0 Å². The van der Waals surface area contributed by atoms with E-state index in [0.29, 0.717) is 35.5 Å². The molecule has 6 unspecified atom stereocenters. The van der Waals surface area contributed by atoms with Gasteiger partial charge in [0.2, 0.25) is 0 Å². The van der Waals surface area contributed by atoms with Gasteiger partial charge in [0.25, 0.3) is 0 Å². The molecule has 4 aliphatic rings. The van der Waals surface area contributed by atoms with Crippen molar-refractivity contribution < 1.29 is 0 Å². The molecule has 2 aromatic rings. The van der Waals surface area contributed by atoms with Crippen molar-refractivity contribution in [1.29, 1.82) is 0 Å². The zero-order valence-electron chi connectivity index (χ0n) is 25.1. The smallest absolute Gasteiger partial charge is 0.0270 e. The summed E-state index contributed by atoms with van der Waals surface area (Å²) in [4.78, 5) is 0. The lowest BCUT2D eigenvalue weighted by molar-refractivity contribution is 0.154. The van der Waals surface area contributed by atoms with Gasteiger partial charge in [-0.15, -0.1) is 6.58 Å². The van der Waals surface area contributed by atoms with Crippen molar-refractivity contribution in [2.75, 3.05) is 0 Å². The van der Waals surface area contributed by atoms with Crippen molar-refractivity contribution in [3.8, 4) is 0 Å². The zero-order chi connectivity index (χ0) is 27.9. The van der Waals surface area contributed by atoms with E-state index in [1.54, 1.807) is 0 Å². The van der Waals surface area contributed by atoms with Gasteiger partial charge < -0.3 is 0 Å². The van der Waals surface area contributed by atoms with Crippen LogP contribution < -0.4 is 0 Å². The summed E-state index contributed by atoms with van der Waals surface area (Å²) >= 11 is 0. The van der Waals surface area contributed by atoms with Crippen LogP contribution in [-0.4, -0.2) is 0 Å². The molecule has 2 aromatic carbocycles. The second kappa shape index (κ2) is 10.8. The Bertz CT molecular complexity index is 1270. The highest BCUT2D eigenvalue weighted by atomic mass is 14.6. The number of fused-ring (bicyclic) bond motifs is 3. The van der Waals surface area contributed by atoms with Gasteiger partial charge in [-0.25, -0.2) is 0 Å². The molecule has 2 fully saturated rings. The maximum Gasteiger partial charge on any atom is 0.0270 e. The fourth-order valence-corrected chi connectivity index (χ4v) is 9.23. The summed E-state index contributed by atoms with van der Waals surface area (Å²) in [6.07, 6.45) is 23.9. The van der Waals surface area contributed by atoms with E-state index in [4.69, 9.17) is 0 Å². The Hall–Kier alpha value is -2.86.